The molecular weight excluding hydrogens is 300 g/mol. The van der Waals surface area contributed by atoms with Crippen LogP contribution in [0.5, 0.6) is 5.75 Å². The number of carbonyl (C=O) groups is 1. The van der Waals surface area contributed by atoms with Crippen LogP contribution in [0.3, 0.4) is 0 Å². The molecule has 0 aromatic heterocycles. The summed E-state index contributed by atoms with van der Waals surface area (Å²) in [5, 5.41) is 0. The molecule has 0 radical (unpaired) electrons. The summed E-state index contributed by atoms with van der Waals surface area (Å²) in [5.74, 6) is 0.994. The van der Waals surface area contributed by atoms with Gasteiger partial charge in [0.25, 0.3) is 5.91 Å². The van der Waals surface area contributed by atoms with E-state index in [2.05, 4.69) is 24.0 Å². The van der Waals surface area contributed by atoms with Gasteiger partial charge in [0, 0.05) is 26.2 Å². The van der Waals surface area contributed by atoms with E-state index < -0.39 is 0 Å². The van der Waals surface area contributed by atoms with Crippen molar-refractivity contribution in [2.45, 2.75) is 52.1 Å². The SMILES string of the molecule is CC[C@H](Oc1ccc2c(c1)CCCC2)C(=O)N1CCN(CC)CC1. The number of likely N-dealkylation sites (N-methyl/N-ethyl adjacent to an activating group) is 1. The predicted octanol–water partition coefficient (Wildman–Crippen LogP) is 2.89. The number of hydrogen-bond acceptors (Lipinski definition) is 3. The first-order chi connectivity index (χ1) is 11.7. The van der Waals surface area contributed by atoms with Crippen LogP contribution in [0.4, 0.5) is 0 Å². The fourth-order valence-electron chi connectivity index (χ4n) is 3.74. The van der Waals surface area contributed by atoms with Crippen molar-refractivity contribution in [2.75, 3.05) is 32.7 Å². The summed E-state index contributed by atoms with van der Waals surface area (Å²) in [6.45, 7) is 8.84. The van der Waals surface area contributed by atoms with E-state index in [9.17, 15) is 4.79 Å². The van der Waals surface area contributed by atoms with Gasteiger partial charge in [-0.3, -0.25) is 4.79 Å². The molecule has 4 nitrogen and oxygen atoms in total. The average molecular weight is 330 g/mol. The van der Waals surface area contributed by atoms with E-state index in [0.29, 0.717) is 6.42 Å². The van der Waals surface area contributed by atoms with Crippen molar-refractivity contribution in [2.24, 2.45) is 0 Å². The number of benzene rings is 1. The van der Waals surface area contributed by atoms with Gasteiger partial charge in [0.05, 0.1) is 0 Å². The van der Waals surface area contributed by atoms with E-state index in [4.69, 9.17) is 4.74 Å². The second-order valence-electron chi connectivity index (χ2n) is 6.91. The van der Waals surface area contributed by atoms with Gasteiger partial charge >= 0.3 is 0 Å². The Labute approximate surface area is 145 Å². The minimum Gasteiger partial charge on any atom is -0.481 e. The number of ether oxygens (including phenoxy) is 1. The molecule has 0 saturated carbocycles. The molecule has 4 heteroatoms. The Bertz CT molecular complexity index is 565. The molecule has 1 aromatic carbocycles. The predicted molar refractivity (Wildman–Crippen MR) is 96.5 cm³/mol. The van der Waals surface area contributed by atoms with Crippen LogP contribution < -0.4 is 4.74 Å². The van der Waals surface area contributed by atoms with Crippen LogP contribution >= 0.6 is 0 Å². The van der Waals surface area contributed by atoms with Gasteiger partial charge in [0.2, 0.25) is 0 Å². The van der Waals surface area contributed by atoms with Gasteiger partial charge in [-0.1, -0.05) is 19.9 Å². The lowest BCUT2D eigenvalue weighted by Gasteiger charge is -2.35. The number of aryl methyl sites for hydroxylation is 2. The van der Waals surface area contributed by atoms with E-state index in [0.717, 1.165) is 44.9 Å². The minimum atomic E-state index is -0.361. The Kier molecular flexibility index (Phi) is 5.77. The standard InChI is InChI=1S/C20H30N2O2/c1-3-19(20(23)22-13-11-21(4-2)12-14-22)24-18-10-9-16-7-5-6-8-17(16)15-18/h9-10,15,19H,3-8,11-14H2,1-2H3/t19-/m0/s1. The first-order valence-corrected chi connectivity index (χ1v) is 9.50. The zero-order chi connectivity index (χ0) is 16.9. The summed E-state index contributed by atoms with van der Waals surface area (Å²) < 4.78 is 6.09. The van der Waals surface area contributed by atoms with E-state index in [1.165, 1.54) is 30.4 Å². The van der Waals surface area contributed by atoms with Crippen molar-refractivity contribution < 1.29 is 9.53 Å². The smallest absolute Gasteiger partial charge is 0.263 e. The lowest BCUT2D eigenvalue weighted by atomic mass is 9.92. The molecule has 0 N–H and O–H groups in total. The van der Waals surface area contributed by atoms with Gasteiger partial charge in [0.1, 0.15) is 5.75 Å². The lowest BCUT2D eigenvalue weighted by molar-refractivity contribution is -0.140. The average Bonchev–Trinajstić information content (AvgIpc) is 2.65. The fraction of sp³-hybridized carbons (Fsp3) is 0.650. The van der Waals surface area contributed by atoms with Crippen molar-refractivity contribution in [1.82, 2.24) is 9.80 Å². The van der Waals surface area contributed by atoms with Crippen LogP contribution in [0, 0.1) is 0 Å². The van der Waals surface area contributed by atoms with Gasteiger partial charge < -0.3 is 14.5 Å². The second-order valence-corrected chi connectivity index (χ2v) is 6.91. The number of hydrogen-bond donors (Lipinski definition) is 0. The van der Waals surface area contributed by atoms with Gasteiger partial charge in [0.15, 0.2) is 6.10 Å². The molecule has 0 unspecified atom stereocenters. The van der Waals surface area contributed by atoms with Gasteiger partial charge in [-0.15, -0.1) is 0 Å². The van der Waals surface area contributed by atoms with Gasteiger partial charge in [-0.25, -0.2) is 0 Å². The molecule has 24 heavy (non-hydrogen) atoms. The van der Waals surface area contributed by atoms with Crippen molar-refractivity contribution in [3.8, 4) is 5.75 Å². The molecule has 1 fully saturated rings. The molecule has 1 aromatic rings. The fourth-order valence-corrected chi connectivity index (χ4v) is 3.74. The summed E-state index contributed by atoms with van der Waals surface area (Å²) in [7, 11) is 0. The second kappa shape index (κ2) is 8.02. The van der Waals surface area contributed by atoms with Crippen molar-refractivity contribution in [3.63, 3.8) is 0 Å². The van der Waals surface area contributed by atoms with Crippen LogP contribution in [0.1, 0.15) is 44.2 Å². The molecule has 0 spiro atoms. The number of rotatable bonds is 5. The normalized spacial score (nSPS) is 19.7. The first kappa shape index (κ1) is 17.3. The molecule has 1 heterocycles. The zero-order valence-corrected chi connectivity index (χ0v) is 15.1. The van der Waals surface area contributed by atoms with Gasteiger partial charge in [-0.05, 0) is 61.9 Å². The quantitative estimate of drug-likeness (QED) is 0.832. The molecule has 1 atom stereocenters. The summed E-state index contributed by atoms with van der Waals surface area (Å²) in [6, 6.07) is 6.37. The van der Waals surface area contributed by atoms with Crippen LogP contribution in [0.15, 0.2) is 18.2 Å². The third-order valence-corrected chi connectivity index (χ3v) is 5.38. The number of amides is 1. The maximum absolute atomic E-state index is 12.8. The molecule has 1 saturated heterocycles. The van der Waals surface area contributed by atoms with E-state index in [-0.39, 0.29) is 12.0 Å². The number of nitrogens with zero attached hydrogens (tertiary/aromatic N) is 2. The number of piperazine rings is 1. The van der Waals surface area contributed by atoms with E-state index in [1.54, 1.807) is 0 Å². The summed E-state index contributed by atoms with van der Waals surface area (Å²) in [5.41, 5.74) is 2.85. The van der Waals surface area contributed by atoms with Gasteiger partial charge in [-0.2, -0.15) is 0 Å². The third kappa shape index (κ3) is 3.92. The number of carbonyl (C=O) groups excluding carboxylic acids is 1. The number of fused-ring (bicyclic) bond motifs is 1. The maximum atomic E-state index is 12.8. The molecule has 1 amide bonds. The van der Waals surface area contributed by atoms with E-state index in [1.807, 2.05) is 17.9 Å². The Morgan fingerprint density at radius 3 is 2.46 bits per heavy atom. The Morgan fingerprint density at radius 2 is 1.79 bits per heavy atom. The highest BCUT2D eigenvalue weighted by molar-refractivity contribution is 5.81. The maximum Gasteiger partial charge on any atom is 0.263 e. The third-order valence-electron chi connectivity index (χ3n) is 5.38. The monoisotopic (exact) mass is 330 g/mol. The highest BCUT2D eigenvalue weighted by Gasteiger charge is 2.27. The molecule has 2 aliphatic rings. The Balaban J connectivity index is 1.63. The van der Waals surface area contributed by atoms with Crippen LogP contribution in [0.25, 0.3) is 0 Å². The van der Waals surface area contributed by atoms with Crippen LogP contribution in [-0.4, -0.2) is 54.5 Å². The topological polar surface area (TPSA) is 32.8 Å². The molecule has 1 aliphatic carbocycles. The van der Waals surface area contributed by atoms with Crippen molar-refractivity contribution >= 4 is 5.91 Å². The van der Waals surface area contributed by atoms with Crippen molar-refractivity contribution in [3.05, 3.63) is 29.3 Å². The zero-order valence-electron chi connectivity index (χ0n) is 15.1. The Morgan fingerprint density at radius 1 is 1.08 bits per heavy atom. The highest BCUT2D eigenvalue weighted by atomic mass is 16.5. The van der Waals surface area contributed by atoms with Crippen molar-refractivity contribution in [1.29, 1.82) is 0 Å². The van der Waals surface area contributed by atoms with Crippen LogP contribution in [-0.2, 0) is 17.6 Å². The van der Waals surface area contributed by atoms with Crippen LogP contribution in [0.2, 0.25) is 0 Å². The largest absolute Gasteiger partial charge is 0.481 e. The summed E-state index contributed by atoms with van der Waals surface area (Å²) in [6.07, 6.45) is 5.20. The Hall–Kier alpha value is -1.55. The molecular formula is C20H30N2O2. The molecule has 0 bridgehead atoms. The highest BCUT2D eigenvalue weighted by Crippen LogP contribution is 2.26. The molecule has 132 valence electrons. The molecule has 3 rings (SSSR count). The minimum absolute atomic E-state index is 0.144. The summed E-state index contributed by atoms with van der Waals surface area (Å²) in [4.78, 5) is 17.2. The first-order valence-electron chi connectivity index (χ1n) is 9.50. The van der Waals surface area contributed by atoms with E-state index >= 15 is 0 Å². The molecule has 1 aliphatic heterocycles. The lowest BCUT2D eigenvalue weighted by Crippen LogP contribution is -2.52. The summed E-state index contributed by atoms with van der Waals surface area (Å²) >= 11 is 0.